The molecule has 0 aliphatic rings. The normalized spacial score (nSPS) is 10.7. The highest BCUT2D eigenvalue weighted by atomic mass is 19.1. The number of ether oxygens (including phenoxy) is 1. The Bertz CT molecular complexity index is 1340. The van der Waals surface area contributed by atoms with E-state index in [4.69, 9.17) is 4.74 Å². The number of nitrogens with zero attached hydrogens (tertiary/aromatic N) is 3. The average Bonchev–Trinajstić information content (AvgIpc) is 3.10. The summed E-state index contributed by atoms with van der Waals surface area (Å²) >= 11 is 0. The molecule has 32 heavy (non-hydrogen) atoms. The molecule has 9 nitrogen and oxygen atoms in total. The first-order chi connectivity index (χ1) is 15.4. The Morgan fingerprint density at radius 3 is 2.31 bits per heavy atom. The van der Waals surface area contributed by atoms with Crippen molar-refractivity contribution in [2.75, 3.05) is 17.7 Å². The number of carbonyl (C=O) groups excluding carboxylic acids is 2. The Hall–Kier alpha value is -4.47. The number of amides is 2. The van der Waals surface area contributed by atoms with E-state index in [2.05, 4.69) is 15.7 Å². The molecule has 0 fully saturated rings. The zero-order valence-electron chi connectivity index (χ0n) is 16.9. The van der Waals surface area contributed by atoms with Gasteiger partial charge in [-0.15, -0.1) is 5.10 Å². The summed E-state index contributed by atoms with van der Waals surface area (Å²) in [6, 6.07) is 15.1. The molecule has 10 heteroatoms. The number of rotatable bonds is 6. The zero-order chi connectivity index (χ0) is 22.7. The summed E-state index contributed by atoms with van der Waals surface area (Å²) in [5.74, 6) is -0.677. The molecule has 0 bridgehead atoms. The average molecular weight is 435 g/mol. The summed E-state index contributed by atoms with van der Waals surface area (Å²) in [7, 11) is 1.55. The molecule has 0 saturated heterocycles. The topological polar surface area (TPSA) is 107 Å². The third-order valence-corrected chi connectivity index (χ3v) is 4.61. The highest BCUT2D eigenvalue weighted by Crippen LogP contribution is 2.16. The van der Waals surface area contributed by atoms with Crippen LogP contribution in [0.3, 0.4) is 0 Å². The minimum Gasteiger partial charge on any atom is -0.497 e. The lowest BCUT2D eigenvalue weighted by Crippen LogP contribution is -2.28. The van der Waals surface area contributed by atoms with Crippen molar-refractivity contribution in [3.05, 3.63) is 88.7 Å². The van der Waals surface area contributed by atoms with E-state index < -0.39 is 23.3 Å². The van der Waals surface area contributed by atoms with E-state index in [1.807, 2.05) is 0 Å². The number of hydrogen-bond donors (Lipinski definition) is 2. The second-order valence-corrected chi connectivity index (χ2v) is 6.82. The molecule has 0 atom stereocenters. The minimum atomic E-state index is -0.576. The van der Waals surface area contributed by atoms with Crippen molar-refractivity contribution in [3.63, 3.8) is 0 Å². The van der Waals surface area contributed by atoms with Gasteiger partial charge in [0.15, 0.2) is 5.65 Å². The van der Waals surface area contributed by atoms with Crippen molar-refractivity contribution in [2.24, 2.45) is 0 Å². The fraction of sp³-hybridized carbons (Fsp3) is 0.0909. The molecule has 0 radical (unpaired) electrons. The lowest BCUT2D eigenvalue weighted by Gasteiger charge is -2.06. The van der Waals surface area contributed by atoms with Crippen molar-refractivity contribution in [3.8, 4) is 5.75 Å². The minimum absolute atomic E-state index is 0.241. The Balaban J connectivity index is 1.50. The van der Waals surface area contributed by atoms with Crippen LogP contribution in [0.4, 0.5) is 15.8 Å². The molecule has 2 amide bonds. The summed E-state index contributed by atoms with van der Waals surface area (Å²) < 4.78 is 20.2. The van der Waals surface area contributed by atoms with Crippen LogP contribution in [0.15, 0.2) is 71.7 Å². The summed E-state index contributed by atoms with van der Waals surface area (Å²) in [4.78, 5) is 37.4. The number of carbonyl (C=O) groups is 2. The number of pyridine rings is 1. The Morgan fingerprint density at radius 1 is 0.969 bits per heavy atom. The number of halogens is 1. The Labute approximate surface area is 181 Å². The molecule has 2 N–H and O–H groups in total. The van der Waals surface area contributed by atoms with Crippen molar-refractivity contribution < 1.29 is 18.7 Å². The molecule has 2 heterocycles. The van der Waals surface area contributed by atoms with Gasteiger partial charge < -0.3 is 15.4 Å². The van der Waals surface area contributed by atoms with E-state index >= 15 is 0 Å². The largest absolute Gasteiger partial charge is 0.497 e. The summed E-state index contributed by atoms with van der Waals surface area (Å²) in [6.45, 7) is -0.342. The highest BCUT2D eigenvalue weighted by Gasteiger charge is 2.14. The van der Waals surface area contributed by atoms with Crippen molar-refractivity contribution in [1.82, 2.24) is 14.2 Å². The summed E-state index contributed by atoms with van der Waals surface area (Å²) in [6.07, 6.45) is 1.36. The molecule has 162 valence electrons. The molecule has 2 aromatic carbocycles. The number of fused-ring (bicyclic) bond motifs is 1. The SMILES string of the molecule is COc1ccc(NC(=O)c2ccc3nn(CC(=O)Nc4ccc(F)cc4)c(=O)n3c2)cc1. The van der Waals surface area contributed by atoms with E-state index in [0.717, 1.165) is 4.68 Å². The number of methoxy groups -OCH3 is 1. The zero-order valence-corrected chi connectivity index (χ0v) is 16.9. The van der Waals surface area contributed by atoms with Crippen LogP contribution in [-0.4, -0.2) is 33.1 Å². The Kier molecular flexibility index (Phi) is 5.67. The first-order valence-corrected chi connectivity index (χ1v) is 9.53. The van der Waals surface area contributed by atoms with Gasteiger partial charge in [0.25, 0.3) is 5.91 Å². The molecular weight excluding hydrogens is 417 g/mol. The van der Waals surface area contributed by atoms with Gasteiger partial charge in [0.2, 0.25) is 5.91 Å². The standard InChI is InChI=1S/C22H18FN5O4/c1-32-18-9-7-17(8-10-18)25-21(30)14-2-11-19-26-28(22(31)27(19)12-14)13-20(29)24-16-5-3-15(23)4-6-16/h2-12H,13H2,1H3,(H,24,29)(H,25,30). The van der Waals surface area contributed by atoms with Gasteiger partial charge >= 0.3 is 5.69 Å². The molecule has 0 aliphatic heterocycles. The van der Waals surface area contributed by atoms with Gasteiger partial charge in [0, 0.05) is 17.6 Å². The van der Waals surface area contributed by atoms with E-state index in [1.54, 1.807) is 31.4 Å². The lowest BCUT2D eigenvalue weighted by atomic mass is 10.2. The van der Waals surface area contributed by atoms with Crippen molar-refractivity contribution in [2.45, 2.75) is 6.54 Å². The van der Waals surface area contributed by atoms with Crippen LogP contribution >= 0.6 is 0 Å². The first-order valence-electron chi connectivity index (χ1n) is 9.53. The summed E-state index contributed by atoms with van der Waals surface area (Å²) in [5, 5.41) is 9.41. The second-order valence-electron chi connectivity index (χ2n) is 6.82. The van der Waals surface area contributed by atoms with E-state index in [1.165, 1.54) is 47.0 Å². The lowest BCUT2D eigenvalue weighted by molar-refractivity contribution is -0.117. The molecule has 4 rings (SSSR count). The fourth-order valence-electron chi connectivity index (χ4n) is 3.00. The van der Waals surface area contributed by atoms with Crippen LogP contribution in [0.2, 0.25) is 0 Å². The van der Waals surface area contributed by atoms with Gasteiger partial charge in [0.05, 0.1) is 12.7 Å². The van der Waals surface area contributed by atoms with Gasteiger partial charge in [-0.1, -0.05) is 0 Å². The molecule has 0 unspecified atom stereocenters. The van der Waals surface area contributed by atoms with Crippen molar-refractivity contribution >= 4 is 28.8 Å². The first kappa shape index (κ1) is 20.8. The second kappa shape index (κ2) is 8.72. The number of hydrogen-bond acceptors (Lipinski definition) is 5. The number of nitrogens with one attached hydrogen (secondary N) is 2. The van der Waals surface area contributed by atoms with Gasteiger partial charge in [-0.05, 0) is 60.7 Å². The molecule has 0 saturated carbocycles. The Morgan fingerprint density at radius 2 is 1.62 bits per heavy atom. The van der Waals surface area contributed by atoms with Gasteiger partial charge in [-0.2, -0.15) is 0 Å². The third kappa shape index (κ3) is 4.48. The van der Waals surface area contributed by atoms with E-state index in [0.29, 0.717) is 17.1 Å². The number of benzene rings is 2. The maximum Gasteiger partial charge on any atom is 0.350 e. The number of anilines is 2. The van der Waals surface area contributed by atoms with Crippen LogP contribution in [0.5, 0.6) is 5.75 Å². The number of aromatic nitrogens is 3. The smallest absolute Gasteiger partial charge is 0.350 e. The fourth-order valence-corrected chi connectivity index (χ4v) is 3.00. The van der Waals surface area contributed by atoms with Crippen LogP contribution in [0, 0.1) is 5.82 Å². The van der Waals surface area contributed by atoms with Crippen LogP contribution in [0.1, 0.15) is 10.4 Å². The predicted molar refractivity (Wildman–Crippen MR) is 115 cm³/mol. The maximum atomic E-state index is 13.0. The third-order valence-electron chi connectivity index (χ3n) is 4.61. The van der Waals surface area contributed by atoms with Crippen molar-refractivity contribution in [1.29, 1.82) is 0 Å². The predicted octanol–water partition coefficient (Wildman–Crippen LogP) is 2.53. The molecule has 0 aliphatic carbocycles. The molecule has 4 aromatic rings. The van der Waals surface area contributed by atoms with Crippen LogP contribution < -0.4 is 21.1 Å². The van der Waals surface area contributed by atoms with Crippen LogP contribution in [-0.2, 0) is 11.3 Å². The molecule has 2 aromatic heterocycles. The van der Waals surface area contributed by atoms with E-state index in [9.17, 15) is 18.8 Å². The maximum absolute atomic E-state index is 13.0. The quantitative estimate of drug-likeness (QED) is 0.484. The van der Waals surface area contributed by atoms with E-state index in [-0.39, 0.29) is 17.8 Å². The monoisotopic (exact) mass is 435 g/mol. The molecular formula is C22H18FN5O4. The highest BCUT2D eigenvalue weighted by molar-refractivity contribution is 6.04. The van der Waals surface area contributed by atoms with Crippen LogP contribution in [0.25, 0.3) is 5.65 Å². The van der Waals surface area contributed by atoms with Gasteiger partial charge in [-0.25, -0.2) is 18.3 Å². The molecule has 0 spiro atoms. The summed E-state index contributed by atoms with van der Waals surface area (Å²) in [5.41, 5.74) is 0.909. The van der Waals surface area contributed by atoms with Gasteiger partial charge in [0.1, 0.15) is 18.1 Å². The van der Waals surface area contributed by atoms with Gasteiger partial charge in [-0.3, -0.25) is 9.59 Å².